The van der Waals surface area contributed by atoms with E-state index in [0.29, 0.717) is 11.6 Å². The highest BCUT2D eigenvalue weighted by Gasteiger charge is 2.23. The van der Waals surface area contributed by atoms with Crippen LogP contribution in [0.15, 0.2) is 30.3 Å². The second-order valence-corrected chi connectivity index (χ2v) is 7.00. The van der Waals surface area contributed by atoms with E-state index in [1.807, 2.05) is 18.2 Å². The van der Waals surface area contributed by atoms with Gasteiger partial charge in [-0.1, -0.05) is 12.8 Å². The zero-order chi connectivity index (χ0) is 18.0. The third-order valence-corrected chi connectivity index (χ3v) is 5.22. The second-order valence-electron chi connectivity index (χ2n) is 7.00. The van der Waals surface area contributed by atoms with Crippen molar-refractivity contribution in [1.29, 1.82) is 0 Å². The Hall–Kier alpha value is -2.36. The quantitative estimate of drug-likeness (QED) is 0.776. The van der Waals surface area contributed by atoms with Crippen LogP contribution in [0.2, 0.25) is 0 Å². The summed E-state index contributed by atoms with van der Waals surface area (Å²) in [6, 6.07) is 9.81. The van der Waals surface area contributed by atoms with Gasteiger partial charge in [0.25, 0.3) is 0 Å². The van der Waals surface area contributed by atoms with Gasteiger partial charge in [0.15, 0.2) is 11.6 Å². The topological polar surface area (TPSA) is 51.1 Å². The van der Waals surface area contributed by atoms with Gasteiger partial charge in [0.1, 0.15) is 0 Å². The first kappa shape index (κ1) is 17.5. The lowest BCUT2D eigenvalue weighted by Gasteiger charge is -2.17. The molecule has 0 aliphatic heterocycles. The zero-order valence-electron chi connectivity index (χ0n) is 15.3. The Labute approximate surface area is 149 Å². The van der Waals surface area contributed by atoms with Crippen LogP contribution in [0, 0.1) is 13.8 Å². The van der Waals surface area contributed by atoms with Gasteiger partial charge in [-0.15, -0.1) is 0 Å². The van der Waals surface area contributed by atoms with Crippen molar-refractivity contribution >= 4 is 17.3 Å². The third kappa shape index (κ3) is 3.68. The van der Waals surface area contributed by atoms with Crippen molar-refractivity contribution in [3.05, 3.63) is 52.8 Å². The van der Waals surface area contributed by atoms with Crippen LogP contribution in [0.1, 0.15) is 70.8 Å². The molecule has 1 aromatic heterocycles. The molecule has 3 rings (SSSR count). The van der Waals surface area contributed by atoms with Gasteiger partial charge in [0, 0.05) is 34.2 Å². The highest BCUT2D eigenvalue weighted by Crippen LogP contribution is 2.33. The van der Waals surface area contributed by atoms with E-state index >= 15 is 0 Å². The summed E-state index contributed by atoms with van der Waals surface area (Å²) in [6.07, 6.45) is 4.99. The summed E-state index contributed by atoms with van der Waals surface area (Å²) in [5, 5.41) is 3.16. The summed E-state index contributed by atoms with van der Waals surface area (Å²) in [5.41, 5.74) is 4.61. The first-order valence-electron chi connectivity index (χ1n) is 9.04. The number of Topliss-reactive ketones (excluding diaryl/α,β-unsaturated/α-hetero) is 2. The predicted molar refractivity (Wildman–Crippen MR) is 101 cm³/mol. The average molecular weight is 338 g/mol. The maximum absolute atomic E-state index is 12.7. The molecule has 1 fully saturated rings. The number of anilines is 1. The zero-order valence-corrected chi connectivity index (χ0v) is 15.3. The molecule has 1 N–H and O–H groups in total. The van der Waals surface area contributed by atoms with Crippen molar-refractivity contribution in [2.75, 3.05) is 11.9 Å². The summed E-state index contributed by atoms with van der Waals surface area (Å²) >= 11 is 0. The number of hydrogen-bond donors (Lipinski definition) is 1. The van der Waals surface area contributed by atoms with E-state index < -0.39 is 0 Å². The molecule has 25 heavy (non-hydrogen) atoms. The minimum atomic E-state index is 0.0435. The fourth-order valence-corrected chi connectivity index (χ4v) is 3.88. The maximum Gasteiger partial charge on any atom is 0.183 e. The summed E-state index contributed by atoms with van der Waals surface area (Å²) in [4.78, 5) is 24.0. The van der Waals surface area contributed by atoms with E-state index in [-0.39, 0.29) is 18.1 Å². The molecule has 0 amide bonds. The van der Waals surface area contributed by atoms with Crippen molar-refractivity contribution < 1.29 is 9.59 Å². The van der Waals surface area contributed by atoms with Crippen LogP contribution in [-0.4, -0.2) is 22.7 Å². The molecular formula is C21H26N2O2. The van der Waals surface area contributed by atoms with Crippen molar-refractivity contribution in [3.8, 4) is 0 Å². The van der Waals surface area contributed by atoms with E-state index in [1.165, 1.54) is 31.4 Å². The van der Waals surface area contributed by atoms with Gasteiger partial charge in [0.2, 0.25) is 0 Å². The van der Waals surface area contributed by atoms with Crippen molar-refractivity contribution in [1.82, 2.24) is 4.57 Å². The van der Waals surface area contributed by atoms with Crippen molar-refractivity contribution in [2.24, 2.45) is 0 Å². The third-order valence-electron chi connectivity index (χ3n) is 5.22. The highest BCUT2D eigenvalue weighted by atomic mass is 16.1. The Balaban J connectivity index is 1.69. The van der Waals surface area contributed by atoms with E-state index in [9.17, 15) is 9.59 Å². The number of aryl methyl sites for hydroxylation is 1. The fraction of sp³-hybridized carbons (Fsp3) is 0.429. The molecule has 4 heteroatoms. The predicted octanol–water partition coefficient (Wildman–Crippen LogP) is 4.72. The summed E-state index contributed by atoms with van der Waals surface area (Å²) in [7, 11) is 0. The van der Waals surface area contributed by atoms with E-state index in [0.717, 1.165) is 16.9 Å². The van der Waals surface area contributed by atoms with Crippen LogP contribution in [-0.2, 0) is 0 Å². The number of rotatable bonds is 6. The van der Waals surface area contributed by atoms with Crippen LogP contribution < -0.4 is 5.32 Å². The van der Waals surface area contributed by atoms with Crippen LogP contribution in [0.3, 0.4) is 0 Å². The van der Waals surface area contributed by atoms with Gasteiger partial charge in [-0.2, -0.15) is 0 Å². The van der Waals surface area contributed by atoms with Crippen LogP contribution >= 0.6 is 0 Å². The Morgan fingerprint density at radius 3 is 2.36 bits per heavy atom. The van der Waals surface area contributed by atoms with Gasteiger partial charge in [0.05, 0.1) is 6.54 Å². The standard InChI is InChI=1S/C21H26N2O2/c1-14-12-20(15(2)23(14)19-6-4-5-7-19)21(25)13-22-18-10-8-17(9-11-18)16(3)24/h8-12,19,22H,4-7,13H2,1-3H3. The molecule has 1 aliphatic rings. The van der Waals surface area contributed by atoms with Crippen LogP contribution in [0.25, 0.3) is 0 Å². The molecule has 132 valence electrons. The van der Waals surface area contributed by atoms with Gasteiger partial charge < -0.3 is 9.88 Å². The average Bonchev–Trinajstić information content (AvgIpc) is 3.21. The molecule has 0 radical (unpaired) electrons. The molecule has 1 aromatic carbocycles. The molecular weight excluding hydrogens is 312 g/mol. The molecule has 1 aliphatic carbocycles. The summed E-state index contributed by atoms with van der Waals surface area (Å²) < 4.78 is 2.35. The largest absolute Gasteiger partial charge is 0.378 e. The van der Waals surface area contributed by atoms with E-state index in [4.69, 9.17) is 0 Å². The SMILES string of the molecule is CC(=O)c1ccc(NCC(=O)c2cc(C)n(C3CCCC3)c2C)cc1. The molecule has 0 spiro atoms. The molecule has 1 saturated carbocycles. The smallest absolute Gasteiger partial charge is 0.183 e. The summed E-state index contributed by atoms with van der Waals surface area (Å²) in [5.74, 6) is 0.148. The molecule has 0 atom stereocenters. The fourth-order valence-electron chi connectivity index (χ4n) is 3.88. The molecule has 2 aromatic rings. The first-order chi connectivity index (χ1) is 12.0. The monoisotopic (exact) mass is 338 g/mol. The molecule has 0 bridgehead atoms. The van der Waals surface area contributed by atoms with Crippen LogP contribution in [0.4, 0.5) is 5.69 Å². The number of benzene rings is 1. The Bertz CT molecular complexity index is 781. The lowest BCUT2D eigenvalue weighted by atomic mass is 10.1. The van der Waals surface area contributed by atoms with Gasteiger partial charge in [-0.25, -0.2) is 0 Å². The van der Waals surface area contributed by atoms with E-state index in [2.05, 4.69) is 23.7 Å². The maximum atomic E-state index is 12.7. The highest BCUT2D eigenvalue weighted by molar-refractivity contribution is 6.00. The van der Waals surface area contributed by atoms with Gasteiger partial charge in [-0.05, 0) is 63.9 Å². The molecule has 4 nitrogen and oxygen atoms in total. The molecule has 0 unspecified atom stereocenters. The van der Waals surface area contributed by atoms with Crippen LogP contribution in [0.5, 0.6) is 0 Å². The minimum Gasteiger partial charge on any atom is -0.378 e. The summed E-state index contributed by atoms with van der Waals surface area (Å²) in [6.45, 7) is 5.96. The Morgan fingerprint density at radius 2 is 1.76 bits per heavy atom. The number of carbonyl (C=O) groups is 2. The number of carbonyl (C=O) groups excluding carboxylic acids is 2. The second kappa shape index (κ2) is 7.26. The lowest BCUT2D eigenvalue weighted by Crippen LogP contribution is -2.15. The number of ketones is 2. The molecule has 1 heterocycles. The Morgan fingerprint density at radius 1 is 1.12 bits per heavy atom. The normalized spacial score (nSPS) is 14.7. The number of hydrogen-bond acceptors (Lipinski definition) is 3. The van der Waals surface area contributed by atoms with Crippen molar-refractivity contribution in [2.45, 2.75) is 52.5 Å². The number of nitrogens with one attached hydrogen (secondary N) is 1. The van der Waals surface area contributed by atoms with Gasteiger partial charge in [-0.3, -0.25) is 9.59 Å². The van der Waals surface area contributed by atoms with Crippen molar-refractivity contribution in [3.63, 3.8) is 0 Å². The minimum absolute atomic E-state index is 0.0435. The number of nitrogens with zero attached hydrogens (tertiary/aromatic N) is 1. The molecule has 0 saturated heterocycles. The first-order valence-corrected chi connectivity index (χ1v) is 9.04. The lowest BCUT2D eigenvalue weighted by molar-refractivity contribution is 0.0999. The Kier molecular flexibility index (Phi) is 5.07. The number of aromatic nitrogens is 1. The van der Waals surface area contributed by atoms with E-state index in [1.54, 1.807) is 19.1 Å². The van der Waals surface area contributed by atoms with Gasteiger partial charge >= 0.3 is 0 Å².